The minimum absolute atomic E-state index is 0.00507. The maximum absolute atomic E-state index is 13.2. The summed E-state index contributed by atoms with van der Waals surface area (Å²) in [5, 5.41) is 9.29. The average molecular weight is 549 g/mol. The lowest BCUT2D eigenvalue weighted by molar-refractivity contribution is -0.157. The Labute approximate surface area is 217 Å². The molecule has 2 fully saturated rings. The molecule has 3 aliphatic rings. The van der Waals surface area contributed by atoms with Crippen molar-refractivity contribution in [3.63, 3.8) is 0 Å². The van der Waals surface area contributed by atoms with Gasteiger partial charge in [0.1, 0.15) is 23.4 Å². The predicted octanol–water partition coefficient (Wildman–Crippen LogP) is 5.18. The van der Waals surface area contributed by atoms with Gasteiger partial charge in [0.2, 0.25) is 0 Å². The summed E-state index contributed by atoms with van der Waals surface area (Å²) < 4.78 is 12.6. The molecular formula is C28H25BrN2O5. The molecule has 0 spiro atoms. The second kappa shape index (κ2) is 9.01. The van der Waals surface area contributed by atoms with Crippen molar-refractivity contribution >= 4 is 28.0 Å². The second-order valence-corrected chi connectivity index (χ2v) is 10.4. The van der Waals surface area contributed by atoms with E-state index in [-0.39, 0.29) is 30.6 Å². The van der Waals surface area contributed by atoms with E-state index in [1.165, 1.54) is 22.3 Å². The van der Waals surface area contributed by atoms with E-state index in [4.69, 9.17) is 9.47 Å². The van der Waals surface area contributed by atoms with Crippen molar-refractivity contribution in [3.05, 3.63) is 88.2 Å². The molecule has 2 aliphatic carbocycles. The molecule has 1 aliphatic heterocycles. The Morgan fingerprint density at radius 1 is 1.06 bits per heavy atom. The summed E-state index contributed by atoms with van der Waals surface area (Å²) >= 11 is 3.51. The lowest BCUT2D eigenvalue weighted by atomic mass is 9.83. The van der Waals surface area contributed by atoms with Gasteiger partial charge < -0.3 is 19.5 Å². The number of piperidine rings is 1. The first-order chi connectivity index (χ1) is 17.5. The van der Waals surface area contributed by atoms with E-state index in [1.807, 2.05) is 36.4 Å². The molecule has 1 N–H and O–H groups in total. The van der Waals surface area contributed by atoms with Gasteiger partial charge in [-0.3, -0.25) is 0 Å². The molecule has 2 bridgehead atoms. The molecule has 1 saturated carbocycles. The molecule has 1 aromatic heterocycles. The van der Waals surface area contributed by atoms with Gasteiger partial charge in [-0.25, -0.2) is 14.6 Å². The summed E-state index contributed by atoms with van der Waals surface area (Å²) in [4.78, 5) is 30.7. The van der Waals surface area contributed by atoms with Crippen LogP contribution in [0.1, 0.15) is 35.4 Å². The first-order valence-corrected chi connectivity index (χ1v) is 12.9. The van der Waals surface area contributed by atoms with E-state index in [2.05, 4.69) is 45.2 Å². The highest BCUT2D eigenvalue weighted by atomic mass is 79.9. The lowest BCUT2D eigenvalue weighted by Crippen LogP contribution is -2.48. The normalized spacial score (nSPS) is 24.0. The molecule has 2 aromatic carbocycles. The molecule has 1 saturated heterocycles. The molecule has 36 heavy (non-hydrogen) atoms. The van der Waals surface area contributed by atoms with E-state index < -0.39 is 18.2 Å². The Morgan fingerprint density at radius 2 is 1.75 bits per heavy atom. The van der Waals surface area contributed by atoms with Crippen LogP contribution in [0.4, 0.5) is 4.79 Å². The summed E-state index contributed by atoms with van der Waals surface area (Å²) in [6, 6.07) is 20.2. The molecule has 1 amide bonds. The third-order valence-corrected chi connectivity index (χ3v) is 8.48. The number of benzene rings is 2. The second-order valence-electron chi connectivity index (χ2n) is 9.66. The van der Waals surface area contributed by atoms with Crippen molar-refractivity contribution < 1.29 is 24.2 Å². The molecule has 0 radical (unpaired) electrons. The summed E-state index contributed by atoms with van der Waals surface area (Å²) in [5.74, 6) is -1.07. The number of aromatic nitrogens is 1. The van der Waals surface area contributed by atoms with Gasteiger partial charge in [0.25, 0.3) is 0 Å². The Balaban J connectivity index is 1.19. The molecule has 8 heteroatoms. The van der Waals surface area contributed by atoms with Gasteiger partial charge in [0.05, 0.1) is 0 Å². The standard InChI is InChI=1S/C28H25BrN2O5/c29-26-24(10-5-11-30-26)28(36-16-25(32)33)13-18-12-17(28)14-31(18)27(34)35-15-23-21-8-3-1-6-19(21)20-7-2-4-9-22(20)23/h1-11,17-18,23H,12-16H2,(H,32,33). The number of carboxylic acids is 1. The van der Waals surface area contributed by atoms with Crippen molar-refractivity contribution in [2.45, 2.75) is 30.4 Å². The molecule has 3 atom stereocenters. The van der Waals surface area contributed by atoms with Gasteiger partial charge in [-0.15, -0.1) is 0 Å². The fourth-order valence-electron chi connectivity index (χ4n) is 6.34. The number of amides is 1. The first-order valence-electron chi connectivity index (χ1n) is 12.1. The number of carbonyl (C=O) groups excluding carboxylic acids is 1. The van der Waals surface area contributed by atoms with Crippen LogP contribution in [0.3, 0.4) is 0 Å². The largest absolute Gasteiger partial charge is 0.480 e. The molecule has 2 heterocycles. The number of pyridine rings is 1. The monoisotopic (exact) mass is 548 g/mol. The fraction of sp³-hybridized carbons (Fsp3) is 0.321. The number of carbonyl (C=O) groups is 2. The number of halogens is 1. The molecule has 7 nitrogen and oxygen atoms in total. The van der Waals surface area contributed by atoms with E-state index in [0.717, 1.165) is 12.0 Å². The lowest BCUT2D eigenvalue weighted by Gasteiger charge is -2.41. The fourth-order valence-corrected chi connectivity index (χ4v) is 6.93. The van der Waals surface area contributed by atoms with Crippen molar-refractivity contribution in [1.82, 2.24) is 9.88 Å². The van der Waals surface area contributed by atoms with Gasteiger partial charge in [0, 0.05) is 42.6 Å². The van der Waals surface area contributed by atoms with Gasteiger partial charge >= 0.3 is 12.1 Å². The number of nitrogens with zero attached hydrogens (tertiary/aromatic N) is 2. The smallest absolute Gasteiger partial charge is 0.410 e. The van der Waals surface area contributed by atoms with Crippen LogP contribution in [0.25, 0.3) is 11.1 Å². The van der Waals surface area contributed by atoms with Gasteiger partial charge in [-0.1, -0.05) is 54.6 Å². The number of ether oxygens (including phenoxy) is 2. The highest BCUT2D eigenvalue weighted by Gasteiger charge is 2.58. The van der Waals surface area contributed by atoms with Crippen LogP contribution >= 0.6 is 15.9 Å². The Morgan fingerprint density at radius 3 is 2.36 bits per heavy atom. The van der Waals surface area contributed by atoms with Crippen LogP contribution in [-0.2, 0) is 19.9 Å². The Kier molecular flexibility index (Phi) is 5.80. The quantitative estimate of drug-likeness (QED) is 0.426. The maximum atomic E-state index is 13.2. The van der Waals surface area contributed by atoms with Crippen LogP contribution in [0, 0.1) is 5.92 Å². The zero-order valence-corrected chi connectivity index (χ0v) is 21.1. The van der Waals surface area contributed by atoms with E-state index in [1.54, 1.807) is 11.1 Å². The zero-order chi connectivity index (χ0) is 24.9. The molecule has 3 aromatic rings. The van der Waals surface area contributed by atoms with Crippen molar-refractivity contribution in [3.8, 4) is 11.1 Å². The van der Waals surface area contributed by atoms with E-state index >= 15 is 0 Å². The third kappa shape index (κ3) is 3.71. The number of fused-ring (bicyclic) bond motifs is 5. The highest BCUT2D eigenvalue weighted by Crippen LogP contribution is 2.54. The van der Waals surface area contributed by atoms with Gasteiger partial charge in [-0.2, -0.15) is 0 Å². The number of hydrogen-bond donors (Lipinski definition) is 1. The first kappa shape index (κ1) is 23.2. The van der Waals surface area contributed by atoms with Crippen LogP contribution in [0.5, 0.6) is 0 Å². The Hall–Kier alpha value is -3.23. The van der Waals surface area contributed by atoms with E-state index in [0.29, 0.717) is 17.6 Å². The van der Waals surface area contributed by atoms with Crippen LogP contribution < -0.4 is 0 Å². The summed E-state index contributed by atoms with van der Waals surface area (Å²) in [7, 11) is 0. The number of rotatable bonds is 6. The van der Waals surface area contributed by atoms with Gasteiger partial charge in [-0.05, 0) is 50.7 Å². The molecule has 3 unspecified atom stereocenters. The highest BCUT2D eigenvalue weighted by molar-refractivity contribution is 9.10. The van der Waals surface area contributed by atoms with Crippen molar-refractivity contribution in [2.75, 3.05) is 19.8 Å². The number of carboxylic acid groups (broad SMARTS) is 1. The third-order valence-electron chi connectivity index (χ3n) is 7.85. The Bertz CT molecular complexity index is 1300. The minimum Gasteiger partial charge on any atom is -0.480 e. The topological polar surface area (TPSA) is 89.0 Å². The molecular weight excluding hydrogens is 524 g/mol. The summed E-state index contributed by atoms with van der Waals surface area (Å²) in [6.45, 7) is 0.313. The van der Waals surface area contributed by atoms with E-state index in [9.17, 15) is 14.7 Å². The minimum atomic E-state index is -1.02. The molecule has 184 valence electrons. The van der Waals surface area contributed by atoms with Crippen LogP contribution in [-0.4, -0.2) is 52.9 Å². The predicted molar refractivity (Wildman–Crippen MR) is 135 cm³/mol. The maximum Gasteiger partial charge on any atom is 0.410 e. The van der Waals surface area contributed by atoms with Crippen LogP contribution in [0.2, 0.25) is 0 Å². The average Bonchev–Trinajstić information content (AvgIpc) is 3.56. The van der Waals surface area contributed by atoms with Gasteiger partial charge in [0.15, 0.2) is 0 Å². The van der Waals surface area contributed by atoms with Crippen LogP contribution in [0.15, 0.2) is 71.5 Å². The zero-order valence-electron chi connectivity index (χ0n) is 19.5. The van der Waals surface area contributed by atoms with Crippen molar-refractivity contribution in [1.29, 1.82) is 0 Å². The summed E-state index contributed by atoms with van der Waals surface area (Å²) in [6.07, 6.45) is 2.57. The summed E-state index contributed by atoms with van der Waals surface area (Å²) in [5.41, 5.74) is 4.75. The molecule has 6 rings (SSSR count). The number of aliphatic carboxylic acids is 1. The SMILES string of the molecule is O=C(O)COC1(c2cccnc2Br)CC2CC1CN2C(=O)OCC1c2ccccc2-c2ccccc21. The van der Waals surface area contributed by atoms with Crippen molar-refractivity contribution in [2.24, 2.45) is 5.92 Å². The number of likely N-dealkylation sites (tertiary alicyclic amines) is 1. The number of hydrogen-bond acceptors (Lipinski definition) is 5.